The monoisotopic (exact) mass is 445 g/mol. The van der Waals surface area contributed by atoms with Crippen LogP contribution in [0.15, 0.2) is 48.7 Å². The number of hydrogen-bond acceptors (Lipinski definition) is 6. The molecule has 0 bridgehead atoms. The summed E-state index contributed by atoms with van der Waals surface area (Å²) in [5, 5.41) is 23.2. The van der Waals surface area contributed by atoms with Crippen LogP contribution in [0.3, 0.4) is 0 Å². The summed E-state index contributed by atoms with van der Waals surface area (Å²) >= 11 is 0. The lowest BCUT2D eigenvalue weighted by atomic mass is 10.0. The fourth-order valence-electron chi connectivity index (χ4n) is 3.64. The van der Waals surface area contributed by atoms with Gasteiger partial charge in [0.15, 0.2) is 6.61 Å². The molecule has 0 unspecified atom stereocenters. The Morgan fingerprint density at radius 3 is 2.67 bits per heavy atom. The van der Waals surface area contributed by atoms with Crippen LogP contribution in [0.2, 0.25) is 0 Å². The normalized spacial score (nSPS) is 10.7. The number of halogens is 1. The number of hydrogen-bond donors (Lipinski definition) is 3. The van der Waals surface area contributed by atoms with Crippen LogP contribution < -0.4 is 15.8 Å². The smallest absolute Gasteiger partial charge is 0.255 e. The molecule has 4 N–H and O–H groups in total. The summed E-state index contributed by atoms with van der Waals surface area (Å²) in [6.45, 7) is 3.39. The van der Waals surface area contributed by atoms with Gasteiger partial charge in [-0.3, -0.25) is 9.20 Å². The molecule has 9 heteroatoms. The van der Waals surface area contributed by atoms with Gasteiger partial charge in [0.1, 0.15) is 40.5 Å². The van der Waals surface area contributed by atoms with Gasteiger partial charge in [-0.1, -0.05) is 18.2 Å². The SMILES string of the molecule is Cc1cccc(C)c1Nc1c(-c2c(C#N)cc(O)cc2OCC(N)=O)nc2ccc(F)cn12. The van der Waals surface area contributed by atoms with E-state index in [-0.39, 0.29) is 28.3 Å². The minimum atomic E-state index is -0.728. The first kappa shape index (κ1) is 21.6. The molecule has 2 aromatic carbocycles. The maximum atomic E-state index is 14.2. The van der Waals surface area contributed by atoms with Crippen molar-refractivity contribution in [2.45, 2.75) is 13.8 Å². The number of phenolic OH excluding ortho intramolecular Hbond substituents is 1. The summed E-state index contributed by atoms with van der Waals surface area (Å²) in [5.41, 5.74) is 8.89. The van der Waals surface area contributed by atoms with Gasteiger partial charge in [-0.2, -0.15) is 5.26 Å². The molecule has 0 aliphatic carbocycles. The number of carbonyl (C=O) groups is 1. The molecule has 4 aromatic rings. The Balaban J connectivity index is 2.02. The Labute approximate surface area is 188 Å². The number of fused-ring (bicyclic) bond motifs is 1. The third-order valence-electron chi connectivity index (χ3n) is 5.12. The summed E-state index contributed by atoms with van der Waals surface area (Å²) in [4.78, 5) is 15.9. The molecule has 0 aliphatic rings. The van der Waals surface area contributed by atoms with Gasteiger partial charge in [0.05, 0.1) is 11.1 Å². The van der Waals surface area contributed by atoms with Crippen LogP contribution in [0.5, 0.6) is 11.5 Å². The number of nitrogens with one attached hydrogen (secondary N) is 1. The second-order valence-electron chi connectivity index (χ2n) is 7.51. The van der Waals surface area contributed by atoms with Crippen molar-refractivity contribution in [1.82, 2.24) is 9.38 Å². The average molecular weight is 445 g/mol. The Kier molecular flexibility index (Phi) is 5.58. The first-order chi connectivity index (χ1) is 15.8. The second-order valence-corrected chi connectivity index (χ2v) is 7.51. The Hall–Kier alpha value is -4.58. The molecule has 4 rings (SSSR count). The number of para-hydroxylation sites is 1. The van der Waals surface area contributed by atoms with E-state index in [0.717, 1.165) is 16.8 Å². The number of primary amides is 1. The number of aryl methyl sites for hydroxylation is 2. The molecule has 0 radical (unpaired) electrons. The molecule has 0 aliphatic heterocycles. The van der Waals surface area contributed by atoms with E-state index in [1.165, 1.54) is 34.9 Å². The predicted molar refractivity (Wildman–Crippen MR) is 121 cm³/mol. The first-order valence-electron chi connectivity index (χ1n) is 9.98. The number of nitriles is 1. The van der Waals surface area contributed by atoms with Crippen molar-refractivity contribution in [1.29, 1.82) is 5.26 Å². The van der Waals surface area contributed by atoms with Crippen LogP contribution in [0.1, 0.15) is 16.7 Å². The highest BCUT2D eigenvalue weighted by atomic mass is 19.1. The molecule has 166 valence electrons. The summed E-state index contributed by atoms with van der Waals surface area (Å²) in [5.74, 6) is -1.01. The van der Waals surface area contributed by atoms with Crippen molar-refractivity contribution >= 4 is 23.1 Å². The zero-order valence-corrected chi connectivity index (χ0v) is 17.9. The fourth-order valence-corrected chi connectivity index (χ4v) is 3.64. The van der Waals surface area contributed by atoms with E-state index >= 15 is 0 Å². The van der Waals surface area contributed by atoms with E-state index in [4.69, 9.17) is 10.5 Å². The molecule has 8 nitrogen and oxygen atoms in total. The molecule has 0 fully saturated rings. The fraction of sp³-hybridized carbons (Fsp3) is 0.125. The number of ether oxygens (including phenoxy) is 1. The topological polar surface area (TPSA) is 126 Å². The summed E-state index contributed by atoms with van der Waals surface area (Å²) in [6, 6.07) is 13.1. The van der Waals surface area contributed by atoms with E-state index in [2.05, 4.69) is 10.3 Å². The molecule has 2 heterocycles. The quantitative estimate of drug-likeness (QED) is 0.413. The van der Waals surface area contributed by atoms with Gasteiger partial charge in [-0.15, -0.1) is 0 Å². The van der Waals surface area contributed by atoms with E-state index in [0.29, 0.717) is 11.5 Å². The number of carbonyl (C=O) groups excluding carboxylic acids is 1. The largest absolute Gasteiger partial charge is 0.508 e. The lowest BCUT2D eigenvalue weighted by Crippen LogP contribution is -2.20. The number of phenols is 1. The maximum Gasteiger partial charge on any atom is 0.255 e. The van der Waals surface area contributed by atoms with E-state index < -0.39 is 18.3 Å². The Morgan fingerprint density at radius 1 is 1.27 bits per heavy atom. The van der Waals surface area contributed by atoms with Crippen LogP contribution in [0.4, 0.5) is 15.9 Å². The molecule has 0 spiro atoms. The molecular formula is C24H20FN5O3. The lowest BCUT2D eigenvalue weighted by molar-refractivity contribution is -0.119. The number of aromatic hydroxyl groups is 1. The Morgan fingerprint density at radius 2 is 2.00 bits per heavy atom. The number of amides is 1. The molecular weight excluding hydrogens is 425 g/mol. The molecule has 0 saturated heterocycles. The average Bonchev–Trinajstić information content (AvgIpc) is 3.11. The van der Waals surface area contributed by atoms with Gasteiger partial charge in [0, 0.05) is 18.0 Å². The standard InChI is InChI=1S/C24H20FN5O3/c1-13-4-3-5-14(2)22(13)29-24-23(28-20-7-6-16(25)11-30(20)24)21-15(10-26)8-17(31)9-18(21)33-12-19(27)32/h3-9,11,29,31H,12H2,1-2H3,(H2,27,32). The van der Waals surface area contributed by atoms with Gasteiger partial charge in [0.2, 0.25) is 0 Å². The van der Waals surface area contributed by atoms with Crippen molar-refractivity contribution in [3.05, 3.63) is 71.2 Å². The first-order valence-corrected chi connectivity index (χ1v) is 9.98. The number of rotatable bonds is 6. The van der Waals surface area contributed by atoms with Crippen molar-refractivity contribution in [2.24, 2.45) is 5.73 Å². The third-order valence-corrected chi connectivity index (χ3v) is 5.12. The van der Waals surface area contributed by atoms with Gasteiger partial charge >= 0.3 is 0 Å². The Bertz CT molecular complexity index is 1420. The molecule has 33 heavy (non-hydrogen) atoms. The van der Waals surface area contributed by atoms with Gasteiger partial charge in [-0.25, -0.2) is 9.37 Å². The second kappa shape index (κ2) is 8.51. The van der Waals surface area contributed by atoms with Crippen LogP contribution >= 0.6 is 0 Å². The minimum absolute atomic E-state index is 0.0405. The van der Waals surface area contributed by atoms with E-state index in [1.807, 2.05) is 38.1 Å². The number of imidazole rings is 1. The lowest BCUT2D eigenvalue weighted by Gasteiger charge is -2.16. The highest BCUT2D eigenvalue weighted by Gasteiger charge is 2.24. The number of pyridine rings is 1. The van der Waals surface area contributed by atoms with Crippen molar-refractivity contribution in [3.8, 4) is 28.8 Å². The predicted octanol–water partition coefficient (Wildman–Crippen LogP) is 3.94. The van der Waals surface area contributed by atoms with Gasteiger partial charge in [0.25, 0.3) is 5.91 Å². The number of benzene rings is 2. The molecule has 1 amide bonds. The number of anilines is 2. The maximum absolute atomic E-state index is 14.2. The van der Waals surface area contributed by atoms with Crippen LogP contribution in [0, 0.1) is 31.0 Å². The summed E-state index contributed by atoms with van der Waals surface area (Å²) in [7, 11) is 0. The van der Waals surface area contributed by atoms with Crippen molar-refractivity contribution in [2.75, 3.05) is 11.9 Å². The summed E-state index contributed by atoms with van der Waals surface area (Å²) < 4.78 is 21.2. The van der Waals surface area contributed by atoms with Gasteiger partial charge < -0.3 is 20.9 Å². The van der Waals surface area contributed by atoms with Gasteiger partial charge in [-0.05, 0) is 43.2 Å². The number of nitrogens with two attached hydrogens (primary N) is 1. The van der Waals surface area contributed by atoms with Crippen molar-refractivity contribution in [3.63, 3.8) is 0 Å². The molecule has 0 saturated carbocycles. The number of nitrogens with zero attached hydrogens (tertiary/aromatic N) is 3. The minimum Gasteiger partial charge on any atom is -0.508 e. The van der Waals surface area contributed by atoms with Crippen LogP contribution in [0.25, 0.3) is 16.9 Å². The molecule has 0 atom stereocenters. The van der Waals surface area contributed by atoms with E-state index in [9.17, 15) is 19.6 Å². The van der Waals surface area contributed by atoms with Crippen LogP contribution in [-0.4, -0.2) is 27.0 Å². The zero-order chi connectivity index (χ0) is 23.7. The molecule has 2 aromatic heterocycles. The highest BCUT2D eigenvalue weighted by Crippen LogP contribution is 2.41. The number of aromatic nitrogens is 2. The van der Waals surface area contributed by atoms with E-state index in [1.54, 1.807) is 0 Å². The van der Waals surface area contributed by atoms with Crippen LogP contribution in [-0.2, 0) is 4.79 Å². The highest BCUT2D eigenvalue weighted by molar-refractivity contribution is 5.87. The third kappa shape index (κ3) is 4.14. The summed E-state index contributed by atoms with van der Waals surface area (Å²) in [6.07, 6.45) is 1.28. The zero-order valence-electron chi connectivity index (χ0n) is 17.9. The van der Waals surface area contributed by atoms with Crippen molar-refractivity contribution < 1.29 is 19.0 Å².